The maximum atomic E-state index is 13.0. The first-order chi connectivity index (χ1) is 15.7. The number of hydrogen-bond acceptors (Lipinski definition) is 5. The molecule has 162 valence electrons. The van der Waals surface area contributed by atoms with Gasteiger partial charge in [-0.2, -0.15) is 4.68 Å². The van der Waals surface area contributed by atoms with Crippen molar-refractivity contribution in [3.8, 4) is 11.4 Å². The highest BCUT2D eigenvalue weighted by Gasteiger charge is 2.21. The summed E-state index contributed by atoms with van der Waals surface area (Å²) in [5.41, 5.74) is 2.73. The molecule has 4 aromatic rings. The van der Waals surface area contributed by atoms with Gasteiger partial charge in [0.25, 0.3) is 0 Å². The Morgan fingerprint density at radius 3 is 2.16 bits per heavy atom. The van der Waals surface area contributed by atoms with Gasteiger partial charge < -0.3 is 15.4 Å². The molecule has 0 saturated carbocycles. The molecule has 0 bridgehead atoms. The molecule has 4 rings (SSSR count). The van der Waals surface area contributed by atoms with Crippen LogP contribution in [0.5, 0.6) is 5.75 Å². The zero-order valence-corrected chi connectivity index (χ0v) is 17.8. The standard InChI is InChI=1S/C24H24N6O2/c1-17(23-27-28-29-30(23)20-11-7-4-8-12-20)25-24(31)26-22(18-9-5-3-6-10-18)19-13-15-21(32-2)16-14-19/h3-17,22H,1-2H3,(H2,25,26,31). The molecule has 0 fully saturated rings. The molecule has 2 N–H and O–H groups in total. The SMILES string of the molecule is COc1ccc(C(NC(=O)NC(C)c2nnnn2-c2ccccc2)c2ccccc2)cc1. The number of tetrazole rings is 1. The molecular formula is C24H24N6O2. The normalized spacial score (nSPS) is 12.6. The Kier molecular flexibility index (Phi) is 6.41. The molecule has 1 heterocycles. The monoisotopic (exact) mass is 428 g/mol. The van der Waals surface area contributed by atoms with Crippen molar-refractivity contribution >= 4 is 6.03 Å². The highest BCUT2D eigenvalue weighted by Crippen LogP contribution is 2.24. The molecule has 0 aliphatic rings. The van der Waals surface area contributed by atoms with Gasteiger partial charge in [0.15, 0.2) is 5.82 Å². The van der Waals surface area contributed by atoms with Crippen molar-refractivity contribution in [1.29, 1.82) is 0 Å². The molecule has 0 saturated heterocycles. The molecule has 8 heteroatoms. The Balaban J connectivity index is 1.52. The number of benzene rings is 3. The Morgan fingerprint density at radius 2 is 1.50 bits per heavy atom. The van der Waals surface area contributed by atoms with Crippen molar-refractivity contribution in [2.75, 3.05) is 7.11 Å². The van der Waals surface area contributed by atoms with Crippen LogP contribution >= 0.6 is 0 Å². The number of para-hydroxylation sites is 1. The van der Waals surface area contributed by atoms with E-state index in [1.54, 1.807) is 11.8 Å². The minimum absolute atomic E-state index is 0.329. The summed E-state index contributed by atoms with van der Waals surface area (Å²) < 4.78 is 6.87. The van der Waals surface area contributed by atoms with Crippen molar-refractivity contribution in [1.82, 2.24) is 30.8 Å². The molecule has 3 aromatic carbocycles. The number of nitrogens with one attached hydrogen (secondary N) is 2. The number of amides is 2. The number of rotatable bonds is 7. The highest BCUT2D eigenvalue weighted by atomic mass is 16.5. The van der Waals surface area contributed by atoms with Crippen molar-refractivity contribution in [3.05, 3.63) is 102 Å². The van der Waals surface area contributed by atoms with E-state index >= 15 is 0 Å². The van der Waals surface area contributed by atoms with Gasteiger partial charge >= 0.3 is 6.03 Å². The molecule has 2 unspecified atom stereocenters. The molecule has 0 aliphatic carbocycles. The maximum Gasteiger partial charge on any atom is 0.316 e. The summed E-state index contributed by atoms with van der Waals surface area (Å²) >= 11 is 0. The van der Waals surface area contributed by atoms with E-state index in [9.17, 15) is 4.79 Å². The minimum atomic E-state index is -0.419. The molecule has 0 radical (unpaired) electrons. The molecule has 2 atom stereocenters. The van der Waals surface area contributed by atoms with Crippen LogP contribution in [0, 0.1) is 0 Å². The number of nitrogens with zero attached hydrogens (tertiary/aromatic N) is 4. The lowest BCUT2D eigenvalue weighted by atomic mass is 9.99. The lowest BCUT2D eigenvalue weighted by Gasteiger charge is -2.22. The van der Waals surface area contributed by atoms with E-state index in [0.717, 1.165) is 22.6 Å². The van der Waals surface area contributed by atoms with Gasteiger partial charge in [0.1, 0.15) is 5.75 Å². The van der Waals surface area contributed by atoms with E-state index in [1.807, 2.05) is 91.9 Å². The lowest BCUT2D eigenvalue weighted by molar-refractivity contribution is 0.235. The summed E-state index contributed by atoms with van der Waals surface area (Å²) in [6.45, 7) is 1.84. The fourth-order valence-electron chi connectivity index (χ4n) is 3.45. The smallest absolute Gasteiger partial charge is 0.316 e. The zero-order chi connectivity index (χ0) is 22.3. The second-order valence-electron chi connectivity index (χ2n) is 7.24. The highest BCUT2D eigenvalue weighted by molar-refractivity contribution is 5.75. The number of urea groups is 1. The predicted octanol–water partition coefficient (Wildman–Crippen LogP) is 3.82. The molecule has 2 amide bonds. The van der Waals surface area contributed by atoms with Crippen LogP contribution in [0.3, 0.4) is 0 Å². The Bertz CT molecular complexity index is 1150. The summed E-state index contributed by atoms with van der Waals surface area (Å²) in [5, 5.41) is 18.0. The molecule has 32 heavy (non-hydrogen) atoms. The third kappa shape index (κ3) is 4.75. The van der Waals surface area contributed by atoms with E-state index in [-0.39, 0.29) is 12.1 Å². The number of carbonyl (C=O) groups is 1. The number of hydrogen-bond donors (Lipinski definition) is 2. The molecular weight excluding hydrogens is 404 g/mol. The predicted molar refractivity (Wildman–Crippen MR) is 121 cm³/mol. The van der Waals surface area contributed by atoms with E-state index in [4.69, 9.17) is 4.74 Å². The van der Waals surface area contributed by atoms with Crippen LogP contribution in [-0.4, -0.2) is 33.3 Å². The van der Waals surface area contributed by atoms with Crippen LogP contribution in [0.2, 0.25) is 0 Å². The van der Waals surface area contributed by atoms with E-state index in [0.29, 0.717) is 5.82 Å². The third-order valence-corrected chi connectivity index (χ3v) is 5.09. The molecule has 0 aliphatic heterocycles. The van der Waals surface area contributed by atoms with Crippen LogP contribution < -0.4 is 15.4 Å². The summed E-state index contributed by atoms with van der Waals surface area (Å²) in [5.74, 6) is 1.29. The molecule has 8 nitrogen and oxygen atoms in total. The van der Waals surface area contributed by atoms with Gasteiger partial charge in [0.2, 0.25) is 0 Å². The minimum Gasteiger partial charge on any atom is -0.497 e. The second-order valence-corrected chi connectivity index (χ2v) is 7.24. The van der Waals surface area contributed by atoms with Gasteiger partial charge in [-0.1, -0.05) is 60.7 Å². The van der Waals surface area contributed by atoms with Crippen LogP contribution in [0.4, 0.5) is 4.79 Å². The Labute approximate surface area is 186 Å². The van der Waals surface area contributed by atoms with Crippen LogP contribution in [0.1, 0.15) is 36.0 Å². The molecule has 1 aromatic heterocycles. The van der Waals surface area contributed by atoms with Gasteiger partial charge in [-0.15, -0.1) is 5.10 Å². The summed E-state index contributed by atoms with van der Waals surface area (Å²) in [7, 11) is 1.62. The largest absolute Gasteiger partial charge is 0.497 e. The van der Waals surface area contributed by atoms with Gasteiger partial charge in [0.05, 0.1) is 24.9 Å². The fraction of sp³-hybridized carbons (Fsp3) is 0.167. The van der Waals surface area contributed by atoms with Gasteiger partial charge in [-0.3, -0.25) is 0 Å². The van der Waals surface area contributed by atoms with Crippen molar-refractivity contribution in [3.63, 3.8) is 0 Å². The van der Waals surface area contributed by atoms with Crippen molar-refractivity contribution < 1.29 is 9.53 Å². The molecule has 0 spiro atoms. The van der Waals surface area contributed by atoms with E-state index in [2.05, 4.69) is 26.2 Å². The number of carbonyl (C=O) groups excluding carboxylic acids is 1. The topological polar surface area (TPSA) is 94.0 Å². The van der Waals surface area contributed by atoms with Gasteiger partial charge in [-0.25, -0.2) is 4.79 Å². The fourth-order valence-corrected chi connectivity index (χ4v) is 3.45. The van der Waals surface area contributed by atoms with Crippen LogP contribution in [0.25, 0.3) is 5.69 Å². The summed E-state index contributed by atoms with van der Waals surface area (Å²) in [6, 6.07) is 25.9. The average Bonchev–Trinajstić information content (AvgIpc) is 3.34. The van der Waals surface area contributed by atoms with E-state index in [1.165, 1.54) is 0 Å². The first-order valence-electron chi connectivity index (χ1n) is 10.3. The van der Waals surface area contributed by atoms with Gasteiger partial charge in [-0.05, 0) is 52.7 Å². The number of ether oxygens (including phenoxy) is 1. The third-order valence-electron chi connectivity index (χ3n) is 5.09. The van der Waals surface area contributed by atoms with Crippen molar-refractivity contribution in [2.24, 2.45) is 0 Å². The first kappa shape index (κ1) is 21.0. The summed E-state index contributed by atoms with van der Waals surface area (Å²) in [6.07, 6.45) is 0. The van der Waals surface area contributed by atoms with E-state index < -0.39 is 6.04 Å². The quantitative estimate of drug-likeness (QED) is 0.467. The average molecular weight is 428 g/mol. The van der Waals surface area contributed by atoms with Gasteiger partial charge in [0, 0.05) is 0 Å². The number of aromatic nitrogens is 4. The Morgan fingerprint density at radius 1 is 0.875 bits per heavy atom. The first-order valence-corrected chi connectivity index (χ1v) is 10.3. The zero-order valence-electron chi connectivity index (χ0n) is 17.8. The second kappa shape index (κ2) is 9.74. The maximum absolute atomic E-state index is 13.0. The lowest BCUT2D eigenvalue weighted by Crippen LogP contribution is -2.40. The van der Waals surface area contributed by atoms with Crippen LogP contribution in [-0.2, 0) is 0 Å². The number of methoxy groups -OCH3 is 1. The Hall–Kier alpha value is -4.20. The summed E-state index contributed by atoms with van der Waals surface area (Å²) in [4.78, 5) is 13.0. The van der Waals surface area contributed by atoms with Crippen molar-refractivity contribution in [2.45, 2.75) is 19.0 Å². The van der Waals surface area contributed by atoms with Crippen LogP contribution in [0.15, 0.2) is 84.9 Å².